The van der Waals surface area contributed by atoms with Crippen molar-refractivity contribution >= 4 is 11.5 Å². The molecule has 2 aromatic heterocycles. The minimum atomic E-state index is 0.640. The molecule has 1 saturated carbocycles. The van der Waals surface area contributed by atoms with Crippen LogP contribution in [0.25, 0.3) is 0 Å². The molecule has 0 amide bonds. The molecule has 5 nitrogen and oxygen atoms in total. The predicted molar refractivity (Wildman–Crippen MR) is 59.3 cm³/mol. The SMILES string of the molecule is c1ncc(Nc2cnc(C3CC3)cn2)cn1. The van der Waals surface area contributed by atoms with Gasteiger partial charge in [-0.2, -0.15) is 0 Å². The highest BCUT2D eigenvalue weighted by atomic mass is 15.0. The molecule has 2 aromatic rings. The van der Waals surface area contributed by atoms with Crippen LogP contribution in [0.15, 0.2) is 31.1 Å². The molecule has 80 valence electrons. The molecule has 16 heavy (non-hydrogen) atoms. The lowest BCUT2D eigenvalue weighted by molar-refractivity contribution is 0.990. The van der Waals surface area contributed by atoms with Crippen LogP contribution in [0.5, 0.6) is 0 Å². The molecule has 0 bridgehead atoms. The summed E-state index contributed by atoms with van der Waals surface area (Å²) in [7, 11) is 0. The number of aromatic nitrogens is 4. The molecule has 2 heterocycles. The molecule has 0 spiro atoms. The summed E-state index contributed by atoms with van der Waals surface area (Å²) >= 11 is 0. The number of nitrogens with zero attached hydrogens (tertiary/aromatic N) is 4. The van der Waals surface area contributed by atoms with Crippen LogP contribution in [-0.4, -0.2) is 19.9 Å². The molecule has 0 aliphatic heterocycles. The Balaban J connectivity index is 1.75. The smallest absolute Gasteiger partial charge is 0.148 e. The van der Waals surface area contributed by atoms with E-state index in [1.165, 1.54) is 19.2 Å². The highest BCUT2D eigenvalue weighted by molar-refractivity contribution is 5.52. The van der Waals surface area contributed by atoms with E-state index in [4.69, 9.17) is 0 Å². The standard InChI is InChI=1S/C11H11N5/c1-2-8(1)10-5-15-11(6-14-10)16-9-3-12-7-13-4-9/h3-8H,1-2H2,(H,15,16). The van der Waals surface area contributed by atoms with Gasteiger partial charge in [0, 0.05) is 5.92 Å². The number of anilines is 2. The fourth-order valence-corrected chi connectivity index (χ4v) is 1.50. The second kappa shape index (κ2) is 3.84. The minimum absolute atomic E-state index is 0.640. The molecule has 1 aliphatic rings. The van der Waals surface area contributed by atoms with Crippen LogP contribution >= 0.6 is 0 Å². The van der Waals surface area contributed by atoms with Crippen LogP contribution in [0.3, 0.4) is 0 Å². The first-order valence-electron chi connectivity index (χ1n) is 5.26. The number of nitrogens with one attached hydrogen (secondary N) is 1. The Morgan fingerprint density at radius 2 is 1.81 bits per heavy atom. The van der Waals surface area contributed by atoms with E-state index in [0.717, 1.165) is 17.2 Å². The van der Waals surface area contributed by atoms with Gasteiger partial charge in [0.15, 0.2) is 0 Å². The maximum atomic E-state index is 4.37. The van der Waals surface area contributed by atoms with Gasteiger partial charge in [0.2, 0.25) is 0 Å². The van der Waals surface area contributed by atoms with Gasteiger partial charge in [0.25, 0.3) is 0 Å². The molecule has 1 fully saturated rings. The van der Waals surface area contributed by atoms with Gasteiger partial charge in [-0.25, -0.2) is 15.0 Å². The number of hydrogen-bond acceptors (Lipinski definition) is 5. The van der Waals surface area contributed by atoms with Gasteiger partial charge in [-0.05, 0) is 12.8 Å². The summed E-state index contributed by atoms with van der Waals surface area (Å²) in [5.74, 6) is 1.36. The van der Waals surface area contributed by atoms with Crippen molar-refractivity contribution in [3.63, 3.8) is 0 Å². The first-order chi connectivity index (χ1) is 7.92. The zero-order chi connectivity index (χ0) is 10.8. The second-order valence-corrected chi connectivity index (χ2v) is 3.85. The van der Waals surface area contributed by atoms with E-state index in [1.807, 2.05) is 6.20 Å². The highest BCUT2D eigenvalue weighted by Crippen LogP contribution is 2.38. The average Bonchev–Trinajstić information content (AvgIpc) is 3.15. The summed E-state index contributed by atoms with van der Waals surface area (Å²) < 4.78 is 0. The van der Waals surface area contributed by atoms with E-state index in [1.54, 1.807) is 18.6 Å². The van der Waals surface area contributed by atoms with Gasteiger partial charge < -0.3 is 5.32 Å². The van der Waals surface area contributed by atoms with Crippen LogP contribution < -0.4 is 5.32 Å². The van der Waals surface area contributed by atoms with Gasteiger partial charge in [0.05, 0.1) is 36.2 Å². The van der Waals surface area contributed by atoms with Crippen LogP contribution in [0.4, 0.5) is 11.5 Å². The Labute approximate surface area is 93.0 Å². The first kappa shape index (κ1) is 9.21. The Hall–Kier alpha value is -2.04. The molecule has 1 N–H and O–H groups in total. The van der Waals surface area contributed by atoms with Gasteiger partial charge in [-0.15, -0.1) is 0 Å². The summed E-state index contributed by atoms with van der Waals surface area (Å²) in [6, 6.07) is 0. The molecule has 5 heteroatoms. The van der Waals surface area contributed by atoms with E-state index < -0.39 is 0 Å². The minimum Gasteiger partial charge on any atom is -0.336 e. The molecule has 0 aromatic carbocycles. The van der Waals surface area contributed by atoms with Crippen molar-refractivity contribution < 1.29 is 0 Å². The molecular weight excluding hydrogens is 202 g/mol. The quantitative estimate of drug-likeness (QED) is 0.843. The topological polar surface area (TPSA) is 63.6 Å². The van der Waals surface area contributed by atoms with Crippen LogP contribution in [0.2, 0.25) is 0 Å². The van der Waals surface area contributed by atoms with Gasteiger partial charge >= 0.3 is 0 Å². The van der Waals surface area contributed by atoms with E-state index >= 15 is 0 Å². The molecule has 0 atom stereocenters. The van der Waals surface area contributed by atoms with Crippen LogP contribution in [0.1, 0.15) is 24.5 Å². The fourth-order valence-electron chi connectivity index (χ4n) is 1.50. The third-order valence-corrected chi connectivity index (χ3v) is 2.50. The van der Waals surface area contributed by atoms with Crippen molar-refractivity contribution in [3.8, 4) is 0 Å². The Bertz CT molecular complexity index is 463. The maximum absolute atomic E-state index is 4.37. The molecular formula is C11H11N5. The Morgan fingerprint density at radius 1 is 1.00 bits per heavy atom. The molecule has 0 unspecified atom stereocenters. The number of hydrogen-bond donors (Lipinski definition) is 1. The van der Waals surface area contributed by atoms with Crippen molar-refractivity contribution in [1.82, 2.24) is 19.9 Å². The first-order valence-corrected chi connectivity index (χ1v) is 5.26. The fraction of sp³-hybridized carbons (Fsp3) is 0.273. The third-order valence-electron chi connectivity index (χ3n) is 2.50. The lowest BCUT2D eigenvalue weighted by atomic mass is 10.3. The van der Waals surface area contributed by atoms with Gasteiger partial charge in [0.1, 0.15) is 12.1 Å². The molecule has 1 aliphatic carbocycles. The lowest BCUT2D eigenvalue weighted by Crippen LogP contribution is -1.97. The predicted octanol–water partition coefficient (Wildman–Crippen LogP) is 1.89. The van der Waals surface area contributed by atoms with Gasteiger partial charge in [-0.1, -0.05) is 0 Å². The summed E-state index contributed by atoms with van der Waals surface area (Å²) in [4.78, 5) is 16.5. The summed E-state index contributed by atoms with van der Waals surface area (Å²) in [5, 5.41) is 3.09. The van der Waals surface area contributed by atoms with E-state index in [0.29, 0.717) is 5.92 Å². The zero-order valence-electron chi connectivity index (χ0n) is 8.67. The summed E-state index contributed by atoms with van der Waals surface area (Å²) in [6.45, 7) is 0. The van der Waals surface area contributed by atoms with Crippen molar-refractivity contribution in [2.45, 2.75) is 18.8 Å². The van der Waals surface area contributed by atoms with Crippen molar-refractivity contribution in [2.24, 2.45) is 0 Å². The molecule has 0 radical (unpaired) electrons. The van der Waals surface area contributed by atoms with Crippen molar-refractivity contribution in [1.29, 1.82) is 0 Å². The Morgan fingerprint density at radius 3 is 2.44 bits per heavy atom. The highest BCUT2D eigenvalue weighted by Gasteiger charge is 2.24. The molecule has 0 saturated heterocycles. The summed E-state index contributed by atoms with van der Waals surface area (Å²) in [6.07, 6.45) is 11.0. The molecule has 3 rings (SSSR count). The maximum Gasteiger partial charge on any atom is 0.148 e. The average molecular weight is 213 g/mol. The van der Waals surface area contributed by atoms with Crippen molar-refractivity contribution in [3.05, 3.63) is 36.8 Å². The van der Waals surface area contributed by atoms with E-state index in [2.05, 4.69) is 25.3 Å². The van der Waals surface area contributed by atoms with Crippen LogP contribution in [-0.2, 0) is 0 Å². The monoisotopic (exact) mass is 213 g/mol. The Kier molecular flexibility index (Phi) is 2.21. The van der Waals surface area contributed by atoms with E-state index in [9.17, 15) is 0 Å². The van der Waals surface area contributed by atoms with Crippen molar-refractivity contribution in [2.75, 3.05) is 5.32 Å². The van der Waals surface area contributed by atoms with Gasteiger partial charge in [-0.3, -0.25) is 4.98 Å². The lowest BCUT2D eigenvalue weighted by Gasteiger charge is -2.04. The number of rotatable bonds is 3. The second-order valence-electron chi connectivity index (χ2n) is 3.85. The normalized spacial score (nSPS) is 14.8. The van der Waals surface area contributed by atoms with E-state index in [-0.39, 0.29) is 0 Å². The third kappa shape index (κ3) is 1.98. The van der Waals surface area contributed by atoms with Crippen LogP contribution in [0, 0.1) is 0 Å². The largest absolute Gasteiger partial charge is 0.336 e. The zero-order valence-corrected chi connectivity index (χ0v) is 8.67. The summed E-state index contributed by atoms with van der Waals surface area (Å²) in [5.41, 5.74) is 1.91.